The third-order valence-electron chi connectivity index (χ3n) is 2.03. The van der Waals surface area contributed by atoms with Gasteiger partial charge in [-0.3, -0.25) is 0 Å². The monoisotopic (exact) mass is 205 g/mol. The standard InChI is InChI=1S/C6H11N3O5/c7-9-8-6-5(13)4(12)3(11)2(1-10)14-6/h2-6,10-13H,1H2/t2-,3+,4+,5+,6-/m1/s1. The van der Waals surface area contributed by atoms with Crippen molar-refractivity contribution in [1.29, 1.82) is 0 Å². The van der Waals surface area contributed by atoms with E-state index in [9.17, 15) is 15.3 Å². The fourth-order valence-electron chi connectivity index (χ4n) is 1.23. The summed E-state index contributed by atoms with van der Waals surface area (Å²) in [5, 5.41) is 39.6. The van der Waals surface area contributed by atoms with E-state index in [2.05, 4.69) is 10.0 Å². The van der Waals surface area contributed by atoms with Crippen molar-refractivity contribution in [2.75, 3.05) is 6.61 Å². The molecule has 1 rings (SSSR count). The Morgan fingerprint density at radius 2 is 1.86 bits per heavy atom. The lowest BCUT2D eigenvalue weighted by molar-refractivity contribution is -0.227. The SMILES string of the molecule is [N-]=[N+]=N[C@@H]1O[C@H](CO)[C@H](O)[C@H](O)[C@@H]1O. The van der Waals surface area contributed by atoms with Crippen LogP contribution in [0.25, 0.3) is 10.4 Å². The van der Waals surface area contributed by atoms with E-state index in [0.29, 0.717) is 0 Å². The third-order valence-corrected chi connectivity index (χ3v) is 2.03. The van der Waals surface area contributed by atoms with Crippen molar-refractivity contribution in [3.8, 4) is 0 Å². The van der Waals surface area contributed by atoms with Gasteiger partial charge in [0.05, 0.1) is 6.61 Å². The molecule has 8 heteroatoms. The summed E-state index contributed by atoms with van der Waals surface area (Å²) in [6.07, 6.45) is -6.76. The fourth-order valence-corrected chi connectivity index (χ4v) is 1.23. The topological polar surface area (TPSA) is 139 Å². The maximum atomic E-state index is 9.27. The van der Waals surface area contributed by atoms with Crippen LogP contribution in [0.1, 0.15) is 0 Å². The van der Waals surface area contributed by atoms with Crippen LogP contribution in [-0.4, -0.2) is 57.7 Å². The normalized spacial score (nSPS) is 43.0. The van der Waals surface area contributed by atoms with Gasteiger partial charge in [-0.05, 0) is 5.53 Å². The number of azide groups is 1. The van der Waals surface area contributed by atoms with Crippen LogP contribution in [0.3, 0.4) is 0 Å². The van der Waals surface area contributed by atoms with Crippen LogP contribution in [0.15, 0.2) is 5.11 Å². The molecule has 0 spiro atoms. The molecule has 1 saturated heterocycles. The quantitative estimate of drug-likeness (QED) is 0.237. The second kappa shape index (κ2) is 4.56. The highest BCUT2D eigenvalue weighted by Gasteiger charge is 2.42. The van der Waals surface area contributed by atoms with Crippen molar-refractivity contribution in [2.24, 2.45) is 5.11 Å². The van der Waals surface area contributed by atoms with E-state index >= 15 is 0 Å². The Morgan fingerprint density at radius 3 is 2.36 bits per heavy atom. The molecule has 0 aromatic rings. The first-order chi connectivity index (χ1) is 6.61. The number of rotatable bonds is 2. The summed E-state index contributed by atoms with van der Waals surface area (Å²) in [6.45, 7) is -0.539. The summed E-state index contributed by atoms with van der Waals surface area (Å²) in [5.41, 5.74) is 8.11. The molecule has 0 aromatic carbocycles. The minimum Gasteiger partial charge on any atom is -0.394 e. The fraction of sp³-hybridized carbons (Fsp3) is 1.00. The number of aliphatic hydroxyl groups excluding tert-OH is 4. The number of aliphatic hydroxyl groups is 4. The van der Waals surface area contributed by atoms with E-state index in [1.54, 1.807) is 0 Å². The lowest BCUT2D eigenvalue weighted by atomic mass is 9.99. The van der Waals surface area contributed by atoms with E-state index in [4.69, 9.17) is 15.4 Å². The number of nitrogens with zero attached hydrogens (tertiary/aromatic N) is 3. The van der Waals surface area contributed by atoms with Crippen LogP contribution in [0.5, 0.6) is 0 Å². The first-order valence-electron chi connectivity index (χ1n) is 3.96. The summed E-state index contributed by atoms with van der Waals surface area (Å²) >= 11 is 0. The second-order valence-electron chi connectivity index (χ2n) is 2.92. The molecule has 0 aliphatic carbocycles. The van der Waals surface area contributed by atoms with Gasteiger partial charge in [-0.15, -0.1) is 0 Å². The van der Waals surface area contributed by atoms with Crippen LogP contribution in [0, 0.1) is 0 Å². The summed E-state index contributed by atoms with van der Waals surface area (Å²) in [7, 11) is 0. The minimum atomic E-state index is -1.50. The molecular formula is C6H11N3O5. The van der Waals surface area contributed by atoms with E-state index in [-0.39, 0.29) is 0 Å². The van der Waals surface area contributed by atoms with Crippen LogP contribution in [0.4, 0.5) is 0 Å². The van der Waals surface area contributed by atoms with Crippen molar-refractivity contribution in [3.63, 3.8) is 0 Å². The van der Waals surface area contributed by atoms with Crippen molar-refractivity contribution in [2.45, 2.75) is 30.6 Å². The Labute approximate surface area is 79.0 Å². The molecule has 0 saturated carbocycles. The molecule has 1 aliphatic heterocycles. The molecule has 1 heterocycles. The van der Waals surface area contributed by atoms with Gasteiger partial charge in [0, 0.05) is 4.91 Å². The summed E-state index contributed by atoms with van der Waals surface area (Å²) in [4.78, 5) is 2.40. The highest BCUT2D eigenvalue weighted by molar-refractivity contribution is 4.90. The molecule has 0 radical (unpaired) electrons. The second-order valence-corrected chi connectivity index (χ2v) is 2.92. The maximum Gasteiger partial charge on any atom is 0.165 e. The molecule has 80 valence electrons. The predicted molar refractivity (Wildman–Crippen MR) is 42.9 cm³/mol. The van der Waals surface area contributed by atoms with E-state index in [0.717, 1.165) is 0 Å². The lowest BCUT2D eigenvalue weighted by Crippen LogP contribution is -2.57. The zero-order chi connectivity index (χ0) is 10.7. The molecular weight excluding hydrogens is 194 g/mol. The lowest BCUT2D eigenvalue weighted by Gasteiger charge is -2.37. The Balaban J connectivity index is 2.77. The Morgan fingerprint density at radius 1 is 1.21 bits per heavy atom. The molecule has 1 fully saturated rings. The zero-order valence-electron chi connectivity index (χ0n) is 7.13. The largest absolute Gasteiger partial charge is 0.394 e. The minimum absolute atomic E-state index is 0.539. The molecule has 14 heavy (non-hydrogen) atoms. The molecule has 0 bridgehead atoms. The van der Waals surface area contributed by atoms with Crippen LogP contribution >= 0.6 is 0 Å². The van der Waals surface area contributed by atoms with Crippen molar-refractivity contribution < 1.29 is 25.2 Å². The summed E-state index contributed by atoms with van der Waals surface area (Å²) in [5.74, 6) is 0. The molecule has 4 N–H and O–H groups in total. The highest BCUT2D eigenvalue weighted by Crippen LogP contribution is 2.21. The van der Waals surface area contributed by atoms with E-state index in [1.807, 2.05) is 0 Å². The number of hydrogen-bond acceptors (Lipinski definition) is 6. The van der Waals surface area contributed by atoms with Gasteiger partial charge in [0.15, 0.2) is 6.23 Å². The first-order valence-corrected chi connectivity index (χ1v) is 3.96. The smallest absolute Gasteiger partial charge is 0.165 e. The Bertz CT molecular complexity index is 242. The Kier molecular flexibility index (Phi) is 3.64. The van der Waals surface area contributed by atoms with Crippen molar-refractivity contribution in [3.05, 3.63) is 10.4 Å². The number of hydrogen-bond donors (Lipinski definition) is 4. The van der Waals surface area contributed by atoms with Crippen LogP contribution < -0.4 is 0 Å². The van der Waals surface area contributed by atoms with Gasteiger partial charge < -0.3 is 25.2 Å². The van der Waals surface area contributed by atoms with Crippen molar-refractivity contribution >= 4 is 0 Å². The zero-order valence-corrected chi connectivity index (χ0v) is 7.13. The summed E-state index contributed by atoms with van der Waals surface area (Å²) in [6, 6.07) is 0. The maximum absolute atomic E-state index is 9.27. The van der Waals surface area contributed by atoms with E-state index < -0.39 is 37.3 Å². The Hall–Kier alpha value is -0.890. The average molecular weight is 205 g/mol. The highest BCUT2D eigenvalue weighted by atomic mass is 16.6. The van der Waals surface area contributed by atoms with Gasteiger partial charge in [0.25, 0.3) is 0 Å². The van der Waals surface area contributed by atoms with Gasteiger partial charge >= 0.3 is 0 Å². The molecule has 8 nitrogen and oxygen atoms in total. The van der Waals surface area contributed by atoms with Gasteiger partial charge in [-0.2, -0.15) is 0 Å². The van der Waals surface area contributed by atoms with Gasteiger partial charge in [-0.1, -0.05) is 5.11 Å². The van der Waals surface area contributed by atoms with Gasteiger partial charge in [-0.25, -0.2) is 0 Å². The van der Waals surface area contributed by atoms with Crippen LogP contribution in [-0.2, 0) is 4.74 Å². The molecule has 0 amide bonds. The van der Waals surface area contributed by atoms with Gasteiger partial charge in [0.2, 0.25) is 0 Å². The third kappa shape index (κ3) is 1.95. The molecule has 5 atom stereocenters. The van der Waals surface area contributed by atoms with Crippen molar-refractivity contribution in [1.82, 2.24) is 0 Å². The first kappa shape index (κ1) is 11.2. The molecule has 0 unspecified atom stereocenters. The predicted octanol–water partition coefficient (Wildman–Crippen LogP) is -1.90. The van der Waals surface area contributed by atoms with Crippen LogP contribution in [0.2, 0.25) is 0 Å². The summed E-state index contributed by atoms with van der Waals surface area (Å²) < 4.78 is 4.84. The molecule has 1 aliphatic rings. The van der Waals surface area contributed by atoms with Gasteiger partial charge in [0.1, 0.15) is 24.4 Å². The number of ether oxygens (including phenoxy) is 1. The molecule has 0 aromatic heterocycles. The average Bonchev–Trinajstić information content (AvgIpc) is 2.19. The van der Waals surface area contributed by atoms with E-state index in [1.165, 1.54) is 0 Å².